The van der Waals surface area contributed by atoms with Crippen molar-refractivity contribution in [3.63, 3.8) is 0 Å². The van der Waals surface area contributed by atoms with Gasteiger partial charge in [-0.15, -0.1) is 4.83 Å². The second-order valence-corrected chi connectivity index (χ2v) is 7.46. The third kappa shape index (κ3) is 3.45. The van der Waals surface area contributed by atoms with E-state index in [4.69, 9.17) is 11.6 Å². The Morgan fingerprint density at radius 2 is 1.81 bits per heavy atom. The summed E-state index contributed by atoms with van der Waals surface area (Å²) >= 11 is 5.79. The number of sulfonamides is 1. The Morgan fingerprint density at radius 1 is 1.12 bits per heavy atom. The molecule has 0 atom stereocenters. The quantitative estimate of drug-likeness (QED) is 0.648. The Morgan fingerprint density at radius 3 is 2.50 bits per heavy atom. The number of carbonyl (C=O) groups excluding carboxylic acids is 1. The largest absolute Gasteiger partial charge is 0.287 e. The maximum absolute atomic E-state index is 12.4. The summed E-state index contributed by atoms with van der Waals surface area (Å²) < 4.78 is 25.5. The Hall–Kier alpha value is -2.75. The first kappa shape index (κ1) is 18.1. The molecule has 2 N–H and O–H groups in total. The molecule has 0 saturated heterocycles. The van der Waals surface area contributed by atoms with Crippen LogP contribution < -0.4 is 15.8 Å². The molecule has 0 bridgehead atoms. The Balaban J connectivity index is 1.91. The first-order valence-electron chi connectivity index (χ1n) is 7.33. The minimum absolute atomic E-state index is 0.0866. The number of carbonyl (C=O) groups is 1. The lowest BCUT2D eigenvalue weighted by atomic mass is 10.1. The van der Waals surface area contributed by atoms with Gasteiger partial charge >= 0.3 is 0 Å². The second-order valence-electron chi connectivity index (χ2n) is 5.34. The van der Waals surface area contributed by atoms with E-state index in [9.17, 15) is 18.0 Å². The van der Waals surface area contributed by atoms with Crippen LogP contribution in [0, 0.1) is 0 Å². The Bertz CT molecular complexity index is 1170. The summed E-state index contributed by atoms with van der Waals surface area (Å²) in [6.07, 6.45) is 0. The molecule has 1 amide bonds. The van der Waals surface area contributed by atoms with Crippen molar-refractivity contribution in [2.75, 3.05) is 0 Å². The number of hydrogen-bond donors (Lipinski definition) is 2. The van der Waals surface area contributed by atoms with Crippen LogP contribution in [0.1, 0.15) is 10.5 Å². The number of aromatic nitrogens is 2. The lowest BCUT2D eigenvalue weighted by molar-refractivity contribution is 0.0940. The molecule has 0 unspecified atom stereocenters. The number of rotatable bonds is 4. The number of nitrogens with one attached hydrogen (secondary N) is 2. The zero-order valence-electron chi connectivity index (χ0n) is 13.4. The van der Waals surface area contributed by atoms with Gasteiger partial charge < -0.3 is 0 Å². The molecule has 1 heterocycles. The molecule has 26 heavy (non-hydrogen) atoms. The molecule has 0 fully saturated rings. The predicted molar refractivity (Wildman–Crippen MR) is 96.2 cm³/mol. The van der Waals surface area contributed by atoms with Gasteiger partial charge in [-0.05, 0) is 24.3 Å². The summed E-state index contributed by atoms with van der Waals surface area (Å²) in [5.41, 5.74) is 1.65. The van der Waals surface area contributed by atoms with E-state index in [-0.39, 0.29) is 21.2 Å². The third-order valence-electron chi connectivity index (χ3n) is 3.58. The van der Waals surface area contributed by atoms with Gasteiger partial charge in [-0.25, -0.2) is 13.1 Å². The molecule has 10 heteroatoms. The number of hydrogen-bond acceptors (Lipinski definition) is 5. The number of aryl methyl sites for hydroxylation is 1. The van der Waals surface area contributed by atoms with Gasteiger partial charge in [-0.2, -0.15) is 5.10 Å². The highest BCUT2D eigenvalue weighted by Crippen LogP contribution is 2.15. The van der Waals surface area contributed by atoms with Crippen molar-refractivity contribution in [3.05, 3.63) is 69.6 Å². The number of fused-ring (bicyclic) bond motifs is 1. The van der Waals surface area contributed by atoms with E-state index in [0.717, 1.165) is 4.68 Å². The number of hydrazine groups is 1. The monoisotopic (exact) mass is 392 g/mol. The normalized spacial score (nSPS) is 11.5. The first-order chi connectivity index (χ1) is 12.3. The van der Waals surface area contributed by atoms with Crippen LogP contribution in [0.4, 0.5) is 0 Å². The lowest BCUT2D eigenvalue weighted by Gasteiger charge is -2.10. The first-order valence-corrected chi connectivity index (χ1v) is 9.19. The van der Waals surface area contributed by atoms with Gasteiger partial charge in [0.1, 0.15) is 0 Å². The fourth-order valence-electron chi connectivity index (χ4n) is 2.33. The van der Waals surface area contributed by atoms with Crippen LogP contribution in [-0.4, -0.2) is 24.1 Å². The summed E-state index contributed by atoms with van der Waals surface area (Å²) in [4.78, 5) is 26.4. The minimum atomic E-state index is -4.02. The van der Waals surface area contributed by atoms with Crippen LogP contribution in [0.5, 0.6) is 0 Å². The van der Waals surface area contributed by atoms with Gasteiger partial charge in [0.25, 0.3) is 21.5 Å². The molecule has 3 aromatic rings. The molecule has 3 rings (SSSR count). The third-order valence-corrected chi connectivity index (χ3v) is 5.06. The average Bonchev–Trinajstić information content (AvgIpc) is 2.63. The summed E-state index contributed by atoms with van der Waals surface area (Å²) in [5, 5.41) is 4.78. The molecule has 0 aliphatic carbocycles. The number of halogens is 1. The van der Waals surface area contributed by atoms with E-state index in [1.54, 1.807) is 24.3 Å². The highest BCUT2D eigenvalue weighted by Gasteiger charge is 2.19. The summed E-state index contributed by atoms with van der Waals surface area (Å²) in [5.74, 6) is -0.803. The van der Waals surface area contributed by atoms with E-state index < -0.39 is 15.9 Å². The van der Waals surface area contributed by atoms with Crippen molar-refractivity contribution >= 4 is 38.3 Å². The van der Waals surface area contributed by atoms with Crippen LogP contribution >= 0.6 is 11.6 Å². The average molecular weight is 393 g/mol. The number of benzene rings is 2. The molecule has 0 radical (unpaired) electrons. The molecular weight excluding hydrogens is 380 g/mol. The van der Waals surface area contributed by atoms with Crippen molar-refractivity contribution in [2.24, 2.45) is 7.05 Å². The predicted octanol–water partition coefficient (Wildman–Crippen LogP) is 1.21. The molecule has 1 aromatic heterocycles. The summed E-state index contributed by atoms with van der Waals surface area (Å²) in [6.45, 7) is 0. The molecule has 0 aliphatic heterocycles. The van der Waals surface area contributed by atoms with Crippen molar-refractivity contribution in [1.82, 2.24) is 20.0 Å². The second kappa shape index (κ2) is 6.87. The van der Waals surface area contributed by atoms with Crippen molar-refractivity contribution in [3.8, 4) is 0 Å². The van der Waals surface area contributed by atoms with E-state index in [2.05, 4.69) is 10.5 Å². The van der Waals surface area contributed by atoms with Crippen LogP contribution in [-0.2, 0) is 17.1 Å². The lowest BCUT2D eigenvalue weighted by Crippen LogP contribution is -2.42. The number of amides is 1. The van der Waals surface area contributed by atoms with Gasteiger partial charge in [0.05, 0.1) is 10.3 Å². The highest BCUT2D eigenvalue weighted by atomic mass is 35.5. The molecule has 0 saturated carbocycles. The SMILES string of the molecule is Cn1nc(C(=O)NNS(=O)(=O)c2cccc(Cl)c2)c2ccccc2c1=O. The van der Waals surface area contributed by atoms with E-state index in [1.165, 1.54) is 31.3 Å². The van der Waals surface area contributed by atoms with Gasteiger partial charge in [0, 0.05) is 17.5 Å². The van der Waals surface area contributed by atoms with Gasteiger partial charge in [0.15, 0.2) is 5.69 Å². The van der Waals surface area contributed by atoms with Crippen LogP contribution in [0.25, 0.3) is 10.8 Å². The van der Waals surface area contributed by atoms with Crippen LogP contribution in [0.2, 0.25) is 5.02 Å². The van der Waals surface area contributed by atoms with E-state index >= 15 is 0 Å². The summed E-state index contributed by atoms with van der Waals surface area (Å²) in [6, 6.07) is 12.0. The maximum Gasteiger partial charge on any atom is 0.287 e. The summed E-state index contributed by atoms with van der Waals surface area (Å²) in [7, 11) is -2.62. The van der Waals surface area contributed by atoms with Gasteiger partial charge in [0.2, 0.25) is 0 Å². The van der Waals surface area contributed by atoms with Crippen molar-refractivity contribution in [2.45, 2.75) is 4.90 Å². The zero-order chi connectivity index (χ0) is 18.9. The fourth-order valence-corrected chi connectivity index (χ4v) is 3.47. The maximum atomic E-state index is 12.4. The van der Waals surface area contributed by atoms with Crippen molar-refractivity contribution in [1.29, 1.82) is 0 Å². The zero-order valence-corrected chi connectivity index (χ0v) is 15.0. The smallest absolute Gasteiger partial charge is 0.272 e. The molecule has 8 nitrogen and oxygen atoms in total. The molecular formula is C16H13ClN4O4S. The Kier molecular flexibility index (Phi) is 4.77. The van der Waals surface area contributed by atoms with Crippen molar-refractivity contribution < 1.29 is 13.2 Å². The van der Waals surface area contributed by atoms with Crippen LogP contribution in [0.3, 0.4) is 0 Å². The molecule has 134 valence electrons. The standard InChI is InChI=1S/C16H13ClN4O4S/c1-21-16(23)13-8-3-2-7-12(13)14(19-21)15(22)18-20-26(24,25)11-6-4-5-10(17)9-11/h2-9,20H,1H3,(H,18,22). The topological polar surface area (TPSA) is 110 Å². The molecule has 0 aliphatic rings. The highest BCUT2D eigenvalue weighted by molar-refractivity contribution is 7.89. The van der Waals surface area contributed by atoms with E-state index in [0.29, 0.717) is 10.8 Å². The number of nitrogens with zero attached hydrogens (tertiary/aromatic N) is 2. The van der Waals surface area contributed by atoms with E-state index in [1.807, 2.05) is 4.83 Å². The minimum Gasteiger partial charge on any atom is -0.272 e. The Labute approximate surface area is 153 Å². The molecule has 0 spiro atoms. The van der Waals surface area contributed by atoms with Gasteiger partial charge in [-0.3, -0.25) is 15.0 Å². The fraction of sp³-hybridized carbons (Fsp3) is 0.0625. The molecule has 2 aromatic carbocycles. The van der Waals surface area contributed by atoms with Crippen LogP contribution in [0.15, 0.2) is 58.2 Å². The van der Waals surface area contributed by atoms with Gasteiger partial charge in [-0.1, -0.05) is 35.9 Å².